The first-order valence-electron chi connectivity index (χ1n) is 4.48. The Morgan fingerprint density at radius 3 is 3.07 bits per heavy atom. The molecule has 1 heterocycles. The Balaban J connectivity index is 2.46. The summed E-state index contributed by atoms with van der Waals surface area (Å²) in [6, 6.07) is 1.73. The summed E-state index contributed by atoms with van der Waals surface area (Å²) in [7, 11) is 1.58. The van der Waals surface area contributed by atoms with Gasteiger partial charge >= 0.3 is 5.97 Å². The molecule has 0 radical (unpaired) electrons. The van der Waals surface area contributed by atoms with E-state index in [0.29, 0.717) is 19.0 Å². The third kappa shape index (κ3) is 4.37. The predicted molar refractivity (Wildman–Crippen MR) is 53.5 cm³/mol. The first kappa shape index (κ1) is 11.4. The minimum absolute atomic E-state index is 0.0591. The molecule has 0 spiro atoms. The van der Waals surface area contributed by atoms with Crippen molar-refractivity contribution in [3.63, 3.8) is 0 Å². The van der Waals surface area contributed by atoms with Gasteiger partial charge in [0, 0.05) is 19.7 Å². The highest BCUT2D eigenvalue weighted by Gasteiger charge is 1.99. The quantitative estimate of drug-likeness (QED) is 0.713. The van der Waals surface area contributed by atoms with Crippen molar-refractivity contribution in [3.8, 4) is 0 Å². The van der Waals surface area contributed by atoms with Gasteiger partial charge in [0.05, 0.1) is 18.7 Å². The van der Waals surface area contributed by atoms with Crippen LogP contribution in [0.4, 0.5) is 5.82 Å². The number of methoxy groups -OCH3 is 1. The monoisotopic (exact) mass is 211 g/mol. The molecule has 0 aromatic carbocycles. The van der Waals surface area contributed by atoms with Crippen molar-refractivity contribution < 1.29 is 14.6 Å². The van der Waals surface area contributed by atoms with E-state index < -0.39 is 5.97 Å². The smallest absolute Gasteiger partial charge is 0.305 e. The SMILES string of the molecule is COCc1cc(NCCC(=O)O)ncn1. The third-order valence-electron chi connectivity index (χ3n) is 1.66. The van der Waals surface area contributed by atoms with Crippen LogP contribution in [-0.4, -0.2) is 34.7 Å². The van der Waals surface area contributed by atoms with Gasteiger partial charge in [0.2, 0.25) is 0 Å². The first-order valence-corrected chi connectivity index (χ1v) is 4.48. The molecule has 1 aromatic heterocycles. The van der Waals surface area contributed by atoms with Crippen LogP contribution >= 0.6 is 0 Å². The van der Waals surface area contributed by atoms with Crippen LogP contribution in [0, 0.1) is 0 Å². The van der Waals surface area contributed by atoms with E-state index >= 15 is 0 Å². The van der Waals surface area contributed by atoms with E-state index in [9.17, 15) is 4.79 Å². The molecule has 15 heavy (non-hydrogen) atoms. The maximum absolute atomic E-state index is 10.3. The fourth-order valence-electron chi connectivity index (χ4n) is 1.02. The lowest BCUT2D eigenvalue weighted by atomic mass is 10.4. The molecule has 0 amide bonds. The molecule has 1 rings (SSSR count). The van der Waals surface area contributed by atoms with E-state index in [1.807, 2.05) is 0 Å². The number of nitrogens with zero attached hydrogens (tertiary/aromatic N) is 2. The summed E-state index contributed by atoms with van der Waals surface area (Å²) in [6.07, 6.45) is 1.47. The molecule has 0 fully saturated rings. The number of carboxylic acid groups (broad SMARTS) is 1. The highest BCUT2D eigenvalue weighted by atomic mass is 16.5. The lowest BCUT2D eigenvalue weighted by molar-refractivity contribution is -0.136. The zero-order valence-corrected chi connectivity index (χ0v) is 8.43. The van der Waals surface area contributed by atoms with Crippen molar-refractivity contribution >= 4 is 11.8 Å². The van der Waals surface area contributed by atoms with Crippen LogP contribution in [0.5, 0.6) is 0 Å². The molecule has 0 atom stereocenters. The molecular formula is C9H13N3O3. The predicted octanol–water partition coefficient (Wildman–Crippen LogP) is 0.510. The molecule has 0 aliphatic rings. The van der Waals surface area contributed by atoms with E-state index in [1.54, 1.807) is 13.2 Å². The minimum atomic E-state index is -0.839. The highest BCUT2D eigenvalue weighted by Crippen LogP contribution is 2.04. The molecule has 0 saturated heterocycles. The van der Waals surface area contributed by atoms with Gasteiger partial charge in [0.15, 0.2) is 0 Å². The molecule has 0 bridgehead atoms. The minimum Gasteiger partial charge on any atom is -0.481 e. The molecule has 1 aromatic rings. The zero-order chi connectivity index (χ0) is 11.1. The number of rotatable bonds is 6. The topological polar surface area (TPSA) is 84.3 Å². The molecule has 0 aliphatic carbocycles. The van der Waals surface area contributed by atoms with Gasteiger partial charge in [-0.2, -0.15) is 0 Å². The van der Waals surface area contributed by atoms with Crippen molar-refractivity contribution in [1.82, 2.24) is 9.97 Å². The van der Waals surface area contributed by atoms with Crippen molar-refractivity contribution in [3.05, 3.63) is 18.1 Å². The zero-order valence-electron chi connectivity index (χ0n) is 8.43. The Labute approximate surface area is 87.3 Å². The number of aliphatic carboxylic acids is 1. The van der Waals surface area contributed by atoms with Crippen LogP contribution in [-0.2, 0) is 16.1 Å². The summed E-state index contributed by atoms with van der Waals surface area (Å²) in [5.41, 5.74) is 0.755. The van der Waals surface area contributed by atoms with Gasteiger partial charge in [0.1, 0.15) is 12.1 Å². The summed E-state index contributed by atoms with van der Waals surface area (Å²) in [5.74, 6) is -0.230. The van der Waals surface area contributed by atoms with E-state index in [-0.39, 0.29) is 6.42 Å². The molecule has 0 unspecified atom stereocenters. The molecular weight excluding hydrogens is 198 g/mol. The fraction of sp³-hybridized carbons (Fsp3) is 0.444. The Kier molecular flexibility index (Phi) is 4.49. The summed E-state index contributed by atoms with van der Waals surface area (Å²) in [4.78, 5) is 18.2. The van der Waals surface area contributed by atoms with Gasteiger partial charge in [-0.3, -0.25) is 4.79 Å². The largest absolute Gasteiger partial charge is 0.481 e. The van der Waals surface area contributed by atoms with E-state index in [1.165, 1.54) is 6.33 Å². The number of nitrogens with one attached hydrogen (secondary N) is 1. The van der Waals surface area contributed by atoms with E-state index in [2.05, 4.69) is 15.3 Å². The number of ether oxygens (including phenoxy) is 1. The normalized spacial score (nSPS) is 9.93. The van der Waals surface area contributed by atoms with Gasteiger partial charge in [0.25, 0.3) is 0 Å². The Morgan fingerprint density at radius 2 is 2.40 bits per heavy atom. The summed E-state index contributed by atoms with van der Waals surface area (Å²) >= 11 is 0. The maximum atomic E-state index is 10.3. The van der Waals surface area contributed by atoms with Crippen molar-refractivity contribution in [1.29, 1.82) is 0 Å². The standard InChI is InChI=1S/C9H13N3O3/c1-15-5-7-4-8(12-6-11-7)10-3-2-9(13)14/h4,6H,2-3,5H2,1H3,(H,13,14)(H,10,11,12). The van der Waals surface area contributed by atoms with Crippen LogP contribution in [0.3, 0.4) is 0 Å². The Morgan fingerprint density at radius 1 is 1.60 bits per heavy atom. The Bertz CT molecular complexity index is 330. The lowest BCUT2D eigenvalue weighted by Crippen LogP contribution is -2.09. The second-order valence-corrected chi connectivity index (χ2v) is 2.90. The Hall–Kier alpha value is -1.69. The van der Waals surface area contributed by atoms with Gasteiger partial charge < -0.3 is 15.2 Å². The van der Waals surface area contributed by atoms with Gasteiger partial charge in [-0.15, -0.1) is 0 Å². The average Bonchev–Trinajstić information content (AvgIpc) is 2.18. The van der Waals surface area contributed by atoms with E-state index in [4.69, 9.17) is 9.84 Å². The maximum Gasteiger partial charge on any atom is 0.305 e. The van der Waals surface area contributed by atoms with Gasteiger partial charge in [-0.05, 0) is 0 Å². The first-order chi connectivity index (χ1) is 7.22. The molecule has 0 aliphatic heterocycles. The molecule has 0 saturated carbocycles. The van der Waals surface area contributed by atoms with Crippen LogP contribution in [0.15, 0.2) is 12.4 Å². The number of hydrogen-bond acceptors (Lipinski definition) is 5. The van der Waals surface area contributed by atoms with E-state index in [0.717, 1.165) is 5.69 Å². The highest BCUT2D eigenvalue weighted by molar-refractivity contribution is 5.67. The van der Waals surface area contributed by atoms with Crippen LogP contribution in [0.1, 0.15) is 12.1 Å². The fourth-order valence-corrected chi connectivity index (χ4v) is 1.02. The number of aromatic nitrogens is 2. The second kappa shape index (κ2) is 5.92. The third-order valence-corrected chi connectivity index (χ3v) is 1.66. The number of carboxylic acids is 1. The van der Waals surface area contributed by atoms with Crippen molar-refractivity contribution in [2.75, 3.05) is 19.0 Å². The molecule has 6 nitrogen and oxygen atoms in total. The van der Waals surface area contributed by atoms with Crippen molar-refractivity contribution in [2.24, 2.45) is 0 Å². The molecule has 2 N–H and O–H groups in total. The molecule has 6 heteroatoms. The second-order valence-electron chi connectivity index (χ2n) is 2.90. The summed E-state index contributed by atoms with van der Waals surface area (Å²) in [5, 5.41) is 11.3. The number of carbonyl (C=O) groups is 1. The van der Waals surface area contributed by atoms with Gasteiger partial charge in [-0.25, -0.2) is 9.97 Å². The summed E-state index contributed by atoms with van der Waals surface area (Å²) < 4.78 is 4.91. The lowest BCUT2D eigenvalue weighted by Gasteiger charge is -2.04. The van der Waals surface area contributed by atoms with Crippen molar-refractivity contribution in [2.45, 2.75) is 13.0 Å². The molecule has 82 valence electrons. The summed E-state index contributed by atoms with van der Waals surface area (Å²) in [6.45, 7) is 0.759. The van der Waals surface area contributed by atoms with Crippen LogP contribution in [0.2, 0.25) is 0 Å². The van der Waals surface area contributed by atoms with Crippen LogP contribution in [0.25, 0.3) is 0 Å². The van der Waals surface area contributed by atoms with Gasteiger partial charge in [-0.1, -0.05) is 0 Å². The van der Waals surface area contributed by atoms with Crippen LogP contribution < -0.4 is 5.32 Å². The number of anilines is 1. The number of hydrogen-bond donors (Lipinski definition) is 2. The average molecular weight is 211 g/mol.